The Bertz CT molecular complexity index is 1480. The van der Waals surface area contributed by atoms with Crippen molar-refractivity contribution in [1.29, 1.82) is 0 Å². The third-order valence-electron chi connectivity index (χ3n) is 12.0. The molecule has 0 radical (unpaired) electrons. The highest BCUT2D eigenvalue weighted by Gasteiger charge is 2.59. The number of carboxylic acids is 2. The molecule has 10 unspecified atom stereocenters. The molecule has 5 aliphatic rings. The van der Waals surface area contributed by atoms with Gasteiger partial charge in [-0.05, 0) is 0 Å². The molecular formula is C37H63NO27. The van der Waals surface area contributed by atoms with Crippen LogP contribution in [0.5, 0.6) is 0 Å². The van der Waals surface area contributed by atoms with Gasteiger partial charge in [0, 0.05) is 49.8 Å². The number of methoxy groups -OCH3 is 7. The van der Waals surface area contributed by atoms with E-state index in [0.29, 0.717) is 0 Å². The number of hydrogen-bond donors (Lipinski definition) is 10. The van der Waals surface area contributed by atoms with E-state index >= 15 is 0 Å². The van der Waals surface area contributed by atoms with Crippen molar-refractivity contribution in [3.63, 3.8) is 0 Å². The number of aliphatic carboxylic acids is 2. The van der Waals surface area contributed by atoms with Gasteiger partial charge in [-0.2, -0.15) is 0 Å². The molecule has 0 aromatic heterocycles. The summed E-state index contributed by atoms with van der Waals surface area (Å²) in [5.41, 5.74) is 6.40. The second-order valence-corrected chi connectivity index (χ2v) is 15.6. The lowest BCUT2D eigenvalue weighted by Crippen LogP contribution is -2.69. The molecule has 0 amide bonds. The molecule has 5 heterocycles. The summed E-state index contributed by atoms with van der Waals surface area (Å²) in [6.45, 7) is -2.22. The van der Waals surface area contributed by atoms with Gasteiger partial charge in [-0.25, -0.2) is 9.59 Å². The summed E-state index contributed by atoms with van der Waals surface area (Å²) in [5.74, 6) is -3.24. The SMILES string of the molecule is COC1C(OC)[C@H](O[C@H]2O[C@@H](CO)[C@@H](O[C@@H]3OC(C(=O)O)[C@@H](O[C@@H]4OC(CO)[C@@H](OC)[C@H](OC)C4N)[C@H](OC)C3OC)C(O)C2O)[C@H](C(=O)O)O[C@@H]1O[C@@H]1C(CO)O[C@H](OC)C(O)[C@H]1O. The molecule has 28 nitrogen and oxygen atoms in total. The van der Waals surface area contributed by atoms with Crippen molar-refractivity contribution in [2.24, 2.45) is 5.73 Å². The zero-order chi connectivity index (χ0) is 48.0. The maximum Gasteiger partial charge on any atom is 0.335 e. The average molecular weight is 954 g/mol. The van der Waals surface area contributed by atoms with Gasteiger partial charge in [0.1, 0.15) is 104 Å². The van der Waals surface area contributed by atoms with Crippen LogP contribution in [-0.2, 0) is 85.4 Å². The summed E-state index contributed by atoms with van der Waals surface area (Å²) < 4.78 is 91.1. The lowest BCUT2D eigenvalue weighted by Gasteiger charge is -2.50. The minimum absolute atomic E-state index is 0.545. The molecule has 0 spiro atoms. The first-order chi connectivity index (χ1) is 31.0. The molecule has 0 saturated carbocycles. The van der Waals surface area contributed by atoms with E-state index in [1.807, 2.05) is 0 Å². The van der Waals surface area contributed by atoms with E-state index < -0.39 is 185 Å². The monoisotopic (exact) mass is 953 g/mol. The van der Waals surface area contributed by atoms with Gasteiger partial charge >= 0.3 is 11.9 Å². The van der Waals surface area contributed by atoms with E-state index in [1.54, 1.807) is 0 Å². The van der Waals surface area contributed by atoms with Crippen molar-refractivity contribution < 1.29 is 131 Å². The van der Waals surface area contributed by atoms with Crippen molar-refractivity contribution >= 4 is 11.9 Å². The second kappa shape index (κ2) is 24.0. The van der Waals surface area contributed by atoms with Crippen molar-refractivity contribution in [2.45, 2.75) is 153 Å². The van der Waals surface area contributed by atoms with Gasteiger partial charge in [0.25, 0.3) is 0 Å². The number of aliphatic hydroxyl groups is 7. The molecule has 0 aliphatic carbocycles. The van der Waals surface area contributed by atoms with Crippen LogP contribution in [0.15, 0.2) is 0 Å². The van der Waals surface area contributed by atoms with Crippen molar-refractivity contribution in [2.75, 3.05) is 69.6 Å². The number of carboxylic acid groups (broad SMARTS) is 2. The highest BCUT2D eigenvalue weighted by atomic mass is 16.8. The minimum atomic E-state index is -2.09. The molecule has 0 aromatic rings. The summed E-state index contributed by atoms with van der Waals surface area (Å²) in [6, 6.07) is -1.09. The van der Waals surface area contributed by atoms with E-state index in [4.69, 9.17) is 81.5 Å². The number of rotatable bonds is 20. The third kappa shape index (κ3) is 11.1. The largest absolute Gasteiger partial charge is 0.479 e. The van der Waals surface area contributed by atoms with Gasteiger partial charge < -0.3 is 127 Å². The maximum atomic E-state index is 12.8. The average Bonchev–Trinajstić information content (AvgIpc) is 3.30. The summed E-state index contributed by atoms with van der Waals surface area (Å²) in [5, 5.41) is 95.4. The highest BCUT2D eigenvalue weighted by molar-refractivity contribution is 5.74. The van der Waals surface area contributed by atoms with E-state index in [2.05, 4.69) is 0 Å². The number of aliphatic hydroxyl groups excluding tert-OH is 7. The highest BCUT2D eigenvalue weighted by Crippen LogP contribution is 2.38. The van der Waals surface area contributed by atoms with Gasteiger partial charge in [0.2, 0.25) is 0 Å². The van der Waals surface area contributed by atoms with Gasteiger partial charge in [0.15, 0.2) is 43.7 Å². The lowest BCUT2D eigenvalue weighted by molar-refractivity contribution is -0.389. The third-order valence-corrected chi connectivity index (χ3v) is 12.0. The first-order valence-electron chi connectivity index (χ1n) is 20.4. The fourth-order valence-electron chi connectivity index (χ4n) is 8.71. The Labute approximate surface area is 371 Å². The van der Waals surface area contributed by atoms with Crippen LogP contribution in [-0.4, -0.2) is 281 Å². The Balaban J connectivity index is 1.33. The molecule has 5 saturated heterocycles. The summed E-state index contributed by atoms with van der Waals surface area (Å²) in [4.78, 5) is 25.5. The van der Waals surface area contributed by atoms with Crippen LogP contribution in [0, 0.1) is 0 Å². The normalized spacial score (nSPS) is 47.3. The van der Waals surface area contributed by atoms with Gasteiger partial charge in [-0.15, -0.1) is 0 Å². The van der Waals surface area contributed by atoms with Crippen LogP contribution < -0.4 is 5.73 Å². The molecule has 5 rings (SSSR count). The zero-order valence-electron chi connectivity index (χ0n) is 36.5. The van der Waals surface area contributed by atoms with E-state index in [0.717, 1.165) is 7.11 Å². The Morgan fingerprint density at radius 3 is 1.11 bits per heavy atom. The lowest BCUT2D eigenvalue weighted by atomic mass is 9.94. The Morgan fingerprint density at radius 1 is 0.400 bits per heavy atom. The van der Waals surface area contributed by atoms with Crippen LogP contribution >= 0.6 is 0 Å². The van der Waals surface area contributed by atoms with Crippen LogP contribution in [0.25, 0.3) is 0 Å². The van der Waals surface area contributed by atoms with Crippen LogP contribution in [0.2, 0.25) is 0 Å². The number of ether oxygens (including phenoxy) is 16. The Hall–Kier alpha value is -2.02. The molecule has 28 heteroatoms. The van der Waals surface area contributed by atoms with E-state index in [-0.39, 0.29) is 0 Å². The maximum absolute atomic E-state index is 12.8. The summed E-state index contributed by atoms with van der Waals surface area (Å²) in [6.07, 6.45) is -37.3. The molecule has 11 N–H and O–H groups in total. The van der Waals surface area contributed by atoms with E-state index in [9.17, 15) is 55.5 Å². The topological polar surface area (TPSA) is 390 Å². The van der Waals surface area contributed by atoms with Gasteiger partial charge in [-0.3, -0.25) is 0 Å². The molecule has 0 bridgehead atoms. The first kappa shape index (κ1) is 53.9. The van der Waals surface area contributed by atoms with Crippen molar-refractivity contribution in [3.05, 3.63) is 0 Å². The molecule has 0 aromatic carbocycles. The molecular weight excluding hydrogens is 890 g/mol. The fraction of sp³-hybridized carbons (Fsp3) is 0.946. The molecule has 5 aliphatic heterocycles. The van der Waals surface area contributed by atoms with Crippen molar-refractivity contribution in [3.8, 4) is 0 Å². The quantitative estimate of drug-likeness (QED) is 0.0542. The van der Waals surface area contributed by atoms with Crippen molar-refractivity contribution in [1.82, 2.24) is 0 Å². The Morgan fingerprint density at radius 2 is 0.738 bits per heavy atom. The predicted molar refractivity (Wildman–Crippen MR) is 203 cm³/mol. The molecule has 5 fully saturated rings. The van der Waals surface area contributed by atoms with Gasteiger partial charge in [-0.1, -0.05) is 0 Å². The Kier molecular flexibility index (Phi) is 19.9. The first-order valence-corrected chi connectivity index (χ1v) is 20.4. The van der Waals surface area contributed by atoms with E-state index in [1.165, 1.54) is 42.7 Å². The molecule has 65 heavy (non-hydrogen) atoms. The summed E-state index contributed by atoms with van der Waals surface area (Å²) in [7, 11) is 8.66. The number of hydrogen-bond acceptors (Lipinski definition) is 26. The summed E-state index contributed by atoms with van der Waals surface area (Å²) >= 11 is 0. The van der Waals surface area contributed by atoms with Crippen LogP contribution in [0.3, 0.4) is 0 Å². The predicted octanol–water partition coefficient (Wildman–Crippen LogP) is -7.19. The van der Waals surface area contributed by atoms with Gasteiger partial charge in [0.05, 0.1) is 25.9 Å². The zero-order valence-corrected chi connectivity index (χ0v) is 36.5. The van der Waals surface area contributed by atoms with Crippen LogP contribution in [0.1, 0.15) is 0 Å². The fourth-order valence-corrected chi connectivity index (χ4v) is 8.71. The molecule has 25 atom stereocenters. The van der Waals surface area contributed by atoms with Crippen LogP contribution in [0.4, 0.5) is 0 Å². The smallest absolute Gasteiger partial charge is 0.335 e. The standard InChI is InChI=1S/C37H63NO27/c1-50-21-13(10-41)57-33(14(38)22(21)51-2)62-25-23(52-3)29(54-5)36(64-27(25)31(46)47)61-20-12(9-40)59-35(18(45)16(20)43)63-26-24(53-4)30(55-6)37(65-28(26)32(48)49)60-19-11(8-39)58-34(56-7)17(44)15(19)42/h11-30,33-37,39-45H,8-10,38H2,1-7H3,(H,46,47)(H,48,49)/t11?,12-,13?,14?,15+,16?,17?,18?,19+,20+,21+,22+,23-,24?,25-,26-,27?,28+,29?,30?,33-,34-,35+,36+,37-/m0/s1. The number of carbonyl (C=O) groups is 2. The number of nitrogens with two attached hydrogens (primary N) is 1. The molecule has 378 valence electrons. The minimum Gasteiger partial charge on any atom is -0.479 e. The second-order valence-electron chi connectivity index (χ2n) is 15.6.